The van der Waals surface area contributed by atoms with Crippen molar-refractivity contribution in [3.63, 3.8) is 0 Å². The molecule has 1 aliphatic rings. The molecule has 0 saturated heterocycles. The third kappa shape index (κ3) is 1.94. The number of rotatable bonds is 0. The second-order valence-corrected chi connectivity index (χ2v) is 6.34. The molecule has 0 heterocycles. The number of carbonyl (C=O) groups excluding carboxylic acids is 1. The third-order valence-electron chi connectivity index (χ3n) is 2.34. The van der Waals surface area contributed by atoms with E-state index in [0.29, 0.717) is 0 Å². The zero-order valence-electron chi connectivity index (χ0n) is 7.28. The molecule has 0 aliphatic heterocycles. The van der Waals surface area contributed by atoms with Crippen LogP contribution in [0.4, 0.5) is 0 Å². The van der Waals surface area contributed by atoms with E-state index in [1.165, 1.54) is 0 Å². The molecule has 2 atom stereocenters. The van der Waals surface area contributed by atoms with Crippen LogP contribution in [0, 0.1) is 5.41 Å². The van der Waals surface area contributed by atoms with E-state index in [1.54, 1.807) is 0 Å². The maximum atomic E-state index is 11.5. The number of ketones is 1. The Morgan fingerprint density at radius 1 is 1.23 bits per heavy atom. The Hall–Kier alpha value is 0.830. The first-order valence-corrected chi connectivity index (χ1v) is 5.52. The highest BCUT2D eigenvalue weighted by atomic mass is 35.5. The number of hydrogen-bond donors (Lipinski definition) is 0. The summed E-state index contributed by atoms with van der Waals surface area (Å²) in [5, 5.41) is -1.14. The monoisotopic (exact) mass is 262 g/mol. The van der Waals surface area contributed by atoms with Crippen molar-refractivity contribution in [3.05, 3.63) is 0 Å². The van der Waals surface area contributed by atoms with E-state index in [9.17, 15) is 4.79 Å². The lowest BCUT2D eigenvalue weighted by Crippen LogP contribution is -2.53. The van der Waals surface area contributed by atoms with Gasteiger partial charge in [-0.15, -0.1) is 23.2 Å². The van der Waals surface area contributed by atoms with Crippen LogP contribution in [-0.4, -0.2) is 20.9 Å². The van der Waals surface area contributed by atoms with Crippen LogP contribution >= 0.6 is 46.4 Å². The highest BCUT2D eigenvalue weighted by Crippen LogP contribution is 2.48. The Labute approximate surface area is 97.7 Å². The molecule has 0 aromatic rings. The number of hydrogen-bond acceptors (Lipinski definition) is 1. The predicted molar refractivity (Wildman–Crippen MR) is 57.1 cm³/mol. The third-order valence-corrected chi connectivity index (χ3v) is 5.00. The molecule has 0 spiro atoms. The average Bonchev–Trinajstić information content (AvgIpc) is 1.98. The van der Waals surface area contributed by atoms with Gasteiger partial charge in [0.15, 0.2) is 10.1 Å². The molecule has 1 aliphatic carbocycles. The summed E-state index contributed by atoms with van der Waals surface area (Å²) in [7, 11) is 0. The van der Waals surface area contributed by atoms with Gasteiger partial charge in [-0.05, 0) is 5.41 Å². The summed E-state index contributed by atoms with van der Waals surface area (Å²) < 4.78 is -1.54. The van der Waals surface area contributed by atoms with Crippen molar-refractivity contribution >= 4 is 52.2 Å². The molecule has 0 aromatic heterocycles. The summed E-state index contributed by atoms with van der Waals surface area (Å²) in [5.74, 6) is -0.252. The van der Waals surface area contributed by atoms with Crippen LogP contribution in [0.1, 0.15) is 20.3 Å². The molecule has 0 aromatic carbocycles. The van der Waals surface area contributed by atoms with Crippen molar-refractivity contribution in [1.82, 2.24) is 0 Å². The van der Waals surface area contributed by atoms with E-state index in [4.69, 9.17) is 46.4 Å². The Morgan fingerprint density at radius 2 is 1.69 bits per heavy atom. The summed E-state index contributed by atoms with van der Waals surface area (Å²) >= 11 is 23.6. The molecule has 1 saturated carbocycles. The molecule has 13 heavy (non-hydrogen) atoms. The van der Waals surface area contributed by atoms with Gasteiger partial charge in [0.05, 0.1) is 10.8 Å². The summed E-state index contributed by atoms with van der Waals surface area (Å²) in [6.07, 6.45) is 0.261. The topological polar surface area (TPSA) is 17.1 Å². The summed E-state index contributed by atoms with van der Waals surface area (Å²) in [5.41, 5.74) is -0.349. The van der Waals surface area contributed by atoms with Crippen molar-refractivity contribution in [2.45, 2.75) is 35.4 Å². The Morgan fingerprint density at radius 3 is 2.15 bits per heavy atom. The zero-order valence-corrected chi connectivity index (χ0v) is 10.3. The SMILES string of the molecule is CC1(C)CC(=O)C(Cl)(Cl)C(Cl)C1Cl. The molecule has 0 N–H and O–H groups in total. The highest BCUT2D eigenvalue weighted by molar-refractivity contribution is 6.62. The maximum absolute atomic E-state index is 11.5. The average molecular weight is 264 g/mol. The smallest absolute Gasteiger partial charge is 0.193 e. The van der Waals surface area contributed by atoms with Gasteiger partial charge >= 0.3 is 0 Å². The molecule has 76 valence electrons. The summed E-state index contributed by atoms with van der Waals surface area (Å²) in [4.78, 5) is 11.5. The number of Topliss-reactive ketones (excluding diaryl/α,β-unsaturated/α-hetero) is 1. The lowest BCUT2D eigenvalue weighted by molar-refractivity contribution is -0.123. The molecule has 1 nitrogen and oxygen atoms in total. The van der Waals surface area contributed by atoms with Crippen molar-refractivity contribution < 1.29 is 4.79 Å². The van der Waals surface area contributed by atoms with E-state index in [1.807, 2.05) is 13.8 Å². The quantitative estimate of drug-likeness (QED) is 0.613. The lowest BCUT2D eigenvalue weighted by Gasteiger charge is -2.42. The Kier molecular flexibility index (Phi) is 3.15. The van der Waals surface area contributed by atoms with Crippen molar-refractivity contribution in [1.29, 1.82) is 0 Å². The van der Waals surface area contributed by atoms with Crippen LogP contribution < -0.4 is 0 Å². The van der Waals surface area contributed by atoms with Crippen LogP contribution in [0.15, 0.2) is 0 Å². The fourth-order valence-corrected chi connectivity index (χ4v) is 2.61. The molecular formula is C8H10Cl4O. The summed E-state index contributed by atoms with van der Waals surface area (Å²) in [6.45, 7) is 3.75. The highest BCUT2D eigenvalue weighted by Gasteiger charge is 2.54. The van der Waals surface area contributed by atoms with Gasteiger partial charge in [0.2, 0.25) is 0 Å². The Balaban J connectivity index is 3.00. The number of carbonyl (C=O) groups is 1. The first-order valence-electron chi connectivity index (χ1n) is 3.89. The van der Waals surface area contributed by atoms with Gasteiger partial charge in [-0.25, -0.2) is 0 Å². The van der Waals surface area contributed by atoms with Crippen LogP contribution in [0.3, 0.4) is 0 Å². The van der Waals surface area contributed by atoms with Crippen LogP contribution in [0.5, 0.6) is 0 Å². The largest absolute Gasteiger partial charge is 0.296 e. The first-order chi connectivity index (χ1) is 5.69. The van der Waals surface area contributed by atoms with Crippen LogP contribution in [-0.2, 0) is 4.79 Å². The fourth-order valence-electron chi connectivity index (χ4n) is 1.36. The van der Waals surface area contributed by atoms with Gasteiger partial charge in [-0.2, -0.15) is 0 Å². The van der Waals surface area contributed by atoms with Gasteiger partial charge in [0.1, 0.15) is 0 Å². The minimum atomic E-state index is -1.54. The number of alkyl halides is 4. The van der Waals surface area contributed by atoms with Gasteiger partial charge in [0.25, 0.3) is 0 Å². The van der Waals surface area contributed by atoms with Crippen LogP contribution in [0.25, 0.3) is 0 Å². The molecule has 1 fully saturated rings. The van der Waals surface area contributed by atoms with Gasteiger partial charge < -0.3 is 0 Å². The van der Waals surface area contributed by atoms with Gasteiger partial charge in [-0.3, -0.25) is 4.79 Å². The molecule has 0 amide bonds. The predicted octanol–water partition coefficient (Wildman–Crippen LogP) is 3.37. The van der Waals surface area contributed by atoms with Crippen molar-refractivity contribution in [2.24, 2.45) is 5.41 Å². The minimum Gasteiger partial charge on any atom is -0.296 e. The van der Waals surface area contributed by atoms with E-state index >= 15 is 0 Å². The summed E-state index contributed by atoms with van der Waals surface area (Å²) in [6, 6.07) is 0. The van der Waals surface area contributed by atoms with Gasteiger partial charge in [-0.1, -0.05) is 37.0 Å². The lowest BCUT2D eigenvalue weighted by atomic mass is 9.75. The minimum absolute atomic E-state index is 0.252. The molecule has 0 bridgehead atoms. The normalized spacial score (nSPS) is 37.5. The molecule has 0 radical (unpaired) electrons. The Bertz CT molecular complexity index is 236. The standard InChI is InChI=1S/C8H10Cl4O/c1-7(2)3-4(13)8(11,12)6(10)5(7)9/h5-6H,3H2,1-2H3. The van der Waals surface area contributed by atoms with E-state index in [0.717, 1.165) is 0 Å². The fraction of sp³-hybridized carbons (Fsp3) is 0.875. The van der Waals surface area contributed by atoms with Crippen LogP contribution in [0.2, 0.25) is 0 Å². The molecular weight excluding hydrogens is 254 g/mol. The molecule has 5 heteroatoms. The number of halogens is 4. The van der Waals surface area contributed by atoms with Crippen molar-refractivity contribution in [2.75, 3.05) is 0 Å². The van der Waals surface area contributed by atoms with E-state index in [-0.39, 0.29) is 17.6 Å². The first kappa shape index (κ1) is 11.9. The van der Waals surface area contributed by atoms with Crippen molar-refractivity contribution in [3.8, 4) is 0 Å². The van der Waals surface area contributed by atoms with E-state index < -0.39 is 15.1 Å². The maximum Gasteiger partial charge on any atom is 0.193 e. The molecule has 1 rings (SSSR count). The second kappa shape index (κ2) is 3.44. The zero-order chi connectivity index (χ0) is 10.4. The van der Waals surface area contributed by atoms with E-state index in [2.05, 4.69) is 0 Å². The van der Waals surface area contributed by atoms with Gasteiger partial charge in [0, 0.05) is 6.42 Å². The second-order valence-electron chi connectivity index (χ2n) is 4.02. The molecule has 2 unspecified atom stereocenters.